The number of hydrogen-bond acceptors (Lipinski definition) is 3. The summed E-state index contributed by atoms with van der Waals surface area (Å²) in [7, 11) is 0. The van der Waals surface area contributed by atoms with Gasteiger partial charge in [0.25, 0.3) is 5.91 Å². The van der Waals surface area contributed by atoms with E-state index in [4.69, 9.17) is 4.98 Å². The number of hydrogen-bond donors (Lipinski definition) is 1. The SMILES string of the molecule is C/C=C\C=C(/C)C(=O)N1Cc2c(C(=O)Nc3cccc(C)c3)nc(Cc3ccccc3)n2C(C)(C)C1. The van der Waals surface area contributed by atoms with E-state index in [0.29, 0.717) is 30.8 Å². The van der Waals surface area contributed by atoms with Crippen LogP contribution in [0.15, 0.2) is 78.4 Å². The van der Waals surface area contributed by atoms with Crippen molar-refractivity contribution in [3.05, 3.63) is 107 Å². The third-order valence-electron chi connectivity index (χ3n) is 6.43. The Labute approximate surface area is 213 Å². The fourth-order valence-electron chi connectivity index (χ4n) is 4.84. The van der Waals surface area contributed by atoms with Crippen LogP contribution in [0.25, 0.3) is 0 Å². The lowest BCUT2D eigenvalue weighted by molar-refractivity contribution is -0.130. The topological polar surface area (TPSA) is 67.2 Å². The Morgan fingerprint density at radius 2 is 1.86 bits per heavy atom. The van der Waals surface area contributed by atoms with E-state index < -0.39 is 5.54 Å². The van der Waals surface area contributed by atoms with Crippen LogP contribution in [0.2, 0.25) is 0 Å². The van der Waals surface area contributed by atoms with E-state index in [1.807, 2.05) is 86.4 Å². The Hall–Kier alpha value is -3.93. The summed E-state index contributed by atoms with van der Waals surface area (Å²) in [6.07, 6.45) is 6.19. The van der Waals surface area contributed by atoms with Crippen molar-refractivity contribution in [3.8, 4) is 0 Å². The zero-order valence-electron chi connectivity index (χ0n) is 21.7. The molecule has 0 bridgehead atoms. The molecule has 0 radical (unpaired) electrons. The molecule has 36 heavy (non-hydrogen) atoms. The molecule has 6 nitrogen and oxygen atoms in total. The molecule has 1 aliphatic rings. The summed E-state index contributed by atoms with van der Waals surface area (Å²) in [6.45, 7) is 10.8. The highest BCUT2D eigenvalue weighted by Crippen LogP contribution is 2.32. The molecule has 0 saturated heterocycles. The van der Waals surface area contributed by atoms with Crippen LogP contribution in [0.5, 0.6) is 0 Å². The van der Waals surface area contributed by atoms with Gasteiger partial charge in [-0.2, -0.15) is 0 Å². The number of aromatic nitrogens is 2. The summed E-state index contributed by atoms with van der Waals surface area (Å²) in [5.74, 6) is 0.516. The Morgan fingerprint density at radius 3 is 2.56 bits per heavy atom. The van der Waals surface area contributed by atoms with Gasteiger partial charge < -0.3 is 14.8 Å². The first kappa shape index (κ1) is 25.2. The van der Waals surface area contributed by atoms with Gasteiger partial charge in [-0.15, -0.1) is 0 Å². The van der Waals surface area contributed by atoms with Crippen molar-refractivity contribution in [3.63, 3.8) is 0 Å². The van der Waals surface area contributed by atoms with Gasteiger partial charge in [0.05, 0.1) is 17.8 Å². The van der Waals surface area contributed by atoms with Crippen LogP contribution in [0, 0.1) is 6.92 Å². The van der Waals surface area contributed by atoms with Gasteiger partial charge in [0.1, 0.15) is 5.82 Å². The first-order valence-corrected chi connectivity index (χ1v) is 12.3. The molecule has 186 valence electrons. The number of nitrogens with zero attached hydrogens (tertiary/aromatic N) is 3. The lowest BCUT2D eigenvalue weighted by Gasteiger charge is -2.41. The van der Waals surface area contributed by atoms with E-state index in [-0.39, 0.29) is 11.8 Å². The van der Waals surface area contributed by atoms with Gasteiger partial charge in [-0.3, -0.25) is 9.59 Å². The summed E-state index contributed by atoms with van der Waals surface area (Å²) in [5, 5.41) is 3.01. The second kappa shape index (κ2) is 10.4. The van der Waals surface area contributed by atoms with Crippen LogP contribution in [-0.4, -0.2) is 32.8 Å². The van der Waals surface area contributed by atoms with Crippen LogP contribution in [0.1, 0.15) is 60.8 Å². The molecule has 1 aromatic heterocycles. The number of nitrogens with one attached hydrogen (secondary N) is 1. The average molecular weight is 483 g/mol. The van der Waals surface area contributed by atoms with E-state index >= 15 is 0 Å². The lowest BCUT2D eigenvalue weighted by Crippen LogP contribution is -2.50. The van der Waals surface area contributed by atoms with E-state index in [9.17, 15) is 9.59 Å². The molecule has 1 N–H and O–H groups in total. The van der Waals surface area contributed by atoms with E-state index in [2.05, 4.69) is 35.9 Å². The molecule has 0 fully saturated rings. The predicted octanol–water partition coefficient (Wildman–Crippen LogP) is 5.63. The van der Waals surface area contributed by atoms with Crippen LogP contribution in [0.3, 0.4) is 0 Å². The van der Waals surface area contributed by atoms with Crippen molar-refractivity contribution in [2.24, 2.45) is 0 Å². The lowest BCUT2D eigenvalue weighted by atomic mass is 9.98. The normalized spacial score (nSPS) is 15.1. The summed E-state index contributed by atoms with van der Waals surface area (Å²) >= 11 is 0. The van der Waals surface area contributed by atoms with Gasteiger partial charge in [-0.05, 0) is 57.9 Å². The van der Waals surface area contributed by atoms with E-state index in [0.717, 1.165) is 28.3 Å². The quantitative estimate of drug-likeness (QED) is 0.366. The molecule has 0 aliphatic carbocycles. The molecule has 3 aromatic rings. The number of benzene rings is 2. The number of aryl methyl sites for hydroxylation is 1. The van der Waals surface area contributed by atoms with Crippen LogP contribution in [-0.2, 0) is 23.3 Å². The standard InChI is InChI=1S/C30H34N4O2/c1-6-7-13-22(3)29(36)33-19-25-27(28(35)31-24-16-11-12-21(2)17-24)32-26(34(25)30(4,5)20-33)18-23-14-9-8-10-15-23/h6-17H,18-20H2,1-5H3,(H,31,35)/b7-6-,22-13+. The number of allylic oxidation sites excluding steroid dienone is 3. The molecule has 1 aliphatic heterocycles. The smallest absolute Gasteiger partial charge is 0.276 e. The van der Waals surface area contributed by atoms with Gasteiger partial charge in [0.15, 0.2) is 5.69 Å². The van der Waals surface area contributed by atoms with Crippen molar-refractivity contribution >= 4 is 17.5 Å². The highest BCUT2D eigenvalue weighted by atomic mass is 16.2. The zero-order valence-corrected chi connectivity index (χ0v) is 21.7. The number of anilines is 1. The largest absolute Gasteiger partial charge is 0.331 e. The molecule has 0 unspecified atom stereocenters. The molecule has 2 amide bonds. The minimum absolute atomic E-state index is 0.0386. The molecule has 0 spiro atoms. The van der Waals surface area contributed by atoms with Crippen LogP contribution >= 0.6 is 0 Å². The Kier molecular flexibility index (Phi) is 7.25. The molecule has 2 heterocycles. The van der Waals surface area contributed by atoms with Gasteiger partial charge in [-0.1, -0.05) is 60.7 Å². The Morgan fingerprint density at radius 1 is 1.11 bits per heavy atom. The molecular weight excluding hydrogens is 448 g/mol. The molecule has 6 heteroatoms. The van der Waals surface area contributed by atoms with Crippen molar-refractivity contribution in [2.75, 3.05) is 11.9 Å². The third kappa shape index (κ3) is 5.33. The second-order valence-corrected chi connectivity index (χ2v) is 9.99. The number of imidazole rings is 1. The number of carbonyl (C=O) groups excluding carboxylic acids is 2. The number of rotatable bonds is 6. The molecule has 0 saturated carbocycles. The van der Waals surface area contributed by atoms with Gasteiger partial charge in [0.2, 0.25) is 5.91 Å². The fraction of sp³-hybridized carbons (Fsp3) is 0.300. The first-order valence-electron chi connectivity index (χ1n) is 12.3. The summed E-state index contributed by atoms with van der Waals surface area (Å²) in [6, 6.07) is 17.8. The molecular formula is C30H34N4O2. The number of fused-ring (bicyclic) bond motifs is 1. The van der Waals surface area contributed by atoms with E-state index in [1.54, 1.807) is 0 Å². The predicted molar refractivity (Wildman–Crippen MR) is 144 cm³/mol. The van der Waals surface area contributed by atoms with Gasteiger partial charge in [-0.25, -0.2) is 4.98 Å². The highest BCUT2D eigenvalue weighted by Gasteiger charge is 2.39. The van der Waals surface area contributed by atoms with E-state index in [1.165, 1.54) is 0 Å². The summed E-state index contributed by atoms with van der Waals surface area (Å²) in [4.78, 5) is 33.5. The number of carbonyl (C=O) groups is 2. The van der Waals surface area contributed by atoms with Crippen molar-refractivity contribution in [1.29, 1.82) is 0 Å². The zero-order chi connectivity index (χ0) is 25.9. The first-order chi connectivity index (χ1) is 17.2. The van der Waals surface area contributed by atoms with Crippen LogP contribution in [0.4, 0.5) is 5.69 Å². The molecule has 0 atom stereocenters. The monoisotopic (exact) mass is 482 g/mol. The minimum Gasteiger partial charge on any atom is -0.331 e. The van der Waals surface area contributed by atoms with Gasteiger partial charge >= 0.3 is 0 Å². The molecule has 4 rings (SSSR count). The third-order valence-corrected chi connectivity index (χ3v) is 6.43. The van der Waals surface area contributed by atoms with Crippen LogP contribution < -0.4 is 5.32 Å². The maximum absolute atomic E-state index is 13.5. The Bertz CT molecular complexity index is 1330. The maximum Gasteiger partial charge on any atom is 0.276 e. The number of amides is 2. The minimum atomic E-state index is -0.441. The summed E-state index contributed by atoms with van der Waals surface area (Å²) < 4.78 is 2.17. The van der Waals surface area contributed by atoms with Crippen molar-refractivity contribution in [1.82, 2.24) is 14.5 Å². The highest BCUT2D eigenvalue weighted by molar-refractivity contribution is 6.04. The molecule has 2 aromatic carbocycles. The fourth-order valence-corrected chi connectivity index (χ4v) is 4.84. The van der Waals surface area contributed by atoms with Gasteiger partial charge in [0, 0.05) is 24.2 Å². The summed E-state index contributed by atoms with van der Waals surface area (Å²) in [5.41, 5.74) is 4.24. The maximum atomic E-state index is 13.5. The van der Waals surface area contributed by atoms with Crippen molar-refractivity contribution < 1.29 is 9.59 Å². The second-order valence-electron chi connectivity index (χ2n) is 9.99. The van der Waals surface area contributed by atoms with Crippen molar-refractivity contribution in [2.45, 2.75) is 53.1 Å². The Balaban J connectivity index is 1.76. The average Bonchev–Trinajstić information content (AvgIpc) is 3.21.